The maximum atomic E-state index is 2.72. The van der Waals surface area contributed by atoms with Gasteiger partial charge in [0.2, 0.25) is 0 Å². The Morgan fingerprint density at radius 3 is 1.96 bits per heavy atom. The highest BCUT2D eigenvalue weighted by molar-refractivity contribution is 5.24. The van der Waals surface area contributed by atoms with Crippen LogP contribution in [0, 0.1) is 17.3 Å². The molecule has 0 aromatic carbocycles. The minimum atomic E-state index is 0.559. The second-order valence-corrected chi connectivity index (χ2v) is 8.91. The number of allylic oxidation sites excluding steroid dienone is 1. The van der Waals surface area contributed by atoms with Crippen LogP contribution in [0.3, 0.4) is 0 Å². The molecule has 2 bridgehead atoms. The molecule has 3 nitrogen and oxygen atoms in total. The van der Waals surface area contributed by atoms with E-state index in [-0.39, 0.29) is 0 Å². The largest absolute Gasteiger partial charge is 0.309 e. The Hall–Kier alpha value is -0.380. The molecule has 0 radical (unpaired) electrons. The zero-order chi connectivity index (χ0) is 17.0. The van der Waals surface area contributed by atoms with E-state index in [2.05, 4.69) is 62.8 Å². The molecule has 1 saturated carbocycles. The lowest BCUT2D eigenvalue weighted by atomic mass is 9.49. The molecule has 0 aromatic heterocycles. The molecule has 0 aromatic rings. The van der Waals surface area contributed by atoms with E-state index in [1.54, 1.807) is 5.57 Å². The van der Waals surface area contributed by atoms with Gasteiger partial charge in [-0.3, -0.25) is 4.90 Å². The summed E-state index contributed by atoms with van der Waals surface area (Å²) >= 11 is 0. The number of nitrogens with zero attached hydrogens (tertiary/aromatic N) is 3. The van der Waals surface area contributed by atoms with Crippen LogP contribution in [-0.4, -0.2) is 75.6 Å². The van der Waals surface area contributed by atoms with Gasteiger partial charge in [-0.15, -0.1) is 0 Å². The monoisotopic (exact) mass is 321 g/mol. The van der Waals surface area contributed by atoms with Crippen molar-refractivity contribution >= 4 is 0 Å². The highest BCUT2D eigenvalue weighted by Crippen LogP contribution is 2.59. The molecule has 2 atom stereocenters. The van der Waals surface area contributed by atoms with Crippen molar-refractivity contribution < 1.29 is 0 Å². The smallest absolute Gasteiger partial charge is 0.0195 e. The van der Waals surface area contributed by atoms with E-state index in [9.17, 15) is 0 Å². The minimum absolute atomic E-state index is 0.559. The Balaban J connectivity index is 1.87. The number of hydrogen-bond acceptors (Lipinski definition) is 3. The molecule has 0 saturated heterocycles. The quantitative estimate of drug-likeness (QED) is 0.572. The summed E-state index contributed by atoms with van der Waals surface area (Å²) < 4.78 is 0. The van der Waals surface area contributed by atoms with Crippen LogP contribution >= 0.6 is 0 Å². The van der Waals surface area contributed by atoms with Gasteiger partial charge in [-0.05, 0) is 97.3 Å². The first kappa shape index (κ1) is 19.0. The van der Waals surface area contributed by atoms with Crippen LogP contribution in [0.5, 0.6) is 0 Å². The Morgan fingerprint density at radius 2 is 1.52 bits per heavy atom. The lowest BCUT2D eigenvalue weighted by Crippen LogP contribution is -2.50. The van der Waals surface area contributed by atoms with Gasteiger partial charge in [-0.1, -0.05) is 25.5 Å². The van der Waals surface area contributed by atoms with Crippen molar-refractivity contribution in [3.8, 4) is 0 Å². The normalized spacial score (nSPS) is 25.9. The van der Waals surface area contributed by atoms with Crippen molar-refractivity contribution in [3.05, 3.63) is 11.6 Å². The van der Waals surface area contributed by atoms with Gasteiger partial charge < -0.3 is 9.80 Å². The summed E-state index contributed by atoms with van der Waals surface area (Å²) in [7, 11) is 8.71. The molecule has 0 aliphatic heterocycles. The van der Waals surface area contributed by atoms with Crippen molar-refractivity contribution in [2.24, 2.45) is 17.3 Å². The second kappa shape index (κ2) is 8.13. The third-order valence-corrected chi connectivity index (χ3v) is 6.15. The van der Waals surface area contributed by atoms with Crippen LogP contribution in [-0.2, 0) is 0 Å². The Labute approximate surface area is 144 Å². The molecule has 3 aliphatic rings. The molecule has 1 fully saturated rings. The molecule has 3 aliphatic carbocycles. The van der Waals surface area contributed by atoms with Crippen LogP contribution in [0.1, 0.15) is 39.5 Å². The lowest BCUT2D eigenvalue weighted by Gasteiger charge is -2.57. The summed E-state index contributed by atoms with van der Waals surface area (Å²) in [6.45, 7) is 11.0. The first-order valence-corrected chi connectivity index (χ1v) is 9.51. The molecule has 0 spiro atoms. The third-order valence-electron chi connectivity index (χ3n) is 6.15. The van der Waals surface area contributed by atoms with Crippen molar-refractivity contribution in [2.75, 3.05) is 60.9 Å². The SMILES string of the molecule is CN(C)CCCN(CCCN(C)C)CC1=CCC2CC1C2(C)C. The maximum Gasteiger partial charge on any atom is 0.0195 e. The van der Waals surface area contributed by atoms with Gasteiger partial charge in [-0.2, -0.15) is 0 Å². The van der Waals surface area contributed by atoms with Gasteiger partial charge >= 0.3 is 0 Å². The molecule has 0 heterocycles. The molecule has 2 unspecified atom stereocenters. The van der Waals surface area contributed by atoms with E-state index in [4.69, 9.17) is 0 Å². The average molecular weight is 322 g/mol. The zero-order valence-corrected chi connectivity index (χ0v) is 16.4. The number of rotatable bonds is 10. The van der Waals surface area contributed by atoms with Crippen LogP contribution < -0.4 is 0 Å². The van der Waals surface area contributed by atoms with Gasteiger partial charge in [0.1, 0.15) is 0 Å². The lowest BCUT2D eigenvalue weighted by molar-refractivity contribution is -0.0107. The summed E-state index contributed by atoms with van der Waals surface area (Å²) in [6, 6.07) is 0. The first-order chi connectivity index (χ1) is 10.8. The van der Waals surface area contributed by atoms with Crippen LogP contribution in [0.2, 0.25) is 0 Å². The Bertz CT molecular complexity index is 384. The average Bonchev–Trinajstić information content (AvgIpc) is 2.46. The topological polar surface area (TPSA) is 9.72 Å². The molecule has 0 amide bonds. The van der Waals surface area contributed by atoms with E-state index >= 15 is 0 Å². The molecule has 23 heavy (non-hydrogen) atoms. The molecule has 3 heteroatoms. The predicted octanol–water partition coefficient (Wildman–Crippen LogP) is 3.18. The molecular weight excluding hydrogens is 282 g/mol. The molecule has 3 rings (SSSR count). The van der Waals surface area contributed by atoms with Crippen molar-refractivity contribution in [2.45, 2.75) is 39.5 Å². The third kappa shape index (κ3) is 5.04. The van der Waals surface area contributed by atoms with Crippen LogP contribution in [0.4, 0.5) is 0 Å². The van der Waals surface area contributed by atoms with Crippen molar-refractivity contribution in [3.63, 3.8) is 0 Å². The van der Waals surface area contributed by atoms with Gasteiger partial charge in [0, 0.05) is 6.54 Å². The maximum absolute atomic E-state index is 2.72. The zero-order valence-electron chi connectivity index (χ0n) is 16.4. The fraction of sp³-hybridized carbons (Fsp3) is 0.900. The van der Waals surface area contributed by atoms with E-state index < -0.39 is 0 Å². The van der Waals surface area contributed by atoms with Crippen molar-refractivity contribution in [1.29, 1.82) is 0 Å². The molecular formula is C20H39N3. The Kier molecular flexibility index (Phi) is 6.70. The molecule has 0 N–H and O–H groups in total. The first-order valence-electron chi connectivity index (χ1n) is 9.51. The standard InChI is InChI=1S/C20H39N3/c1-20(2)18-10-9-17(19(20)15-18)16-23(13-7-11-21(3)4)14-8-12-22(5)6/h9,18-19H,7-8,10-16H2,1-6H3. The number of fused-ring (bicyclic) bond motifs is 1. The fourth-order valence-corrected chi connectivity index (χ4v) is 4.41. The predicted molar refractivity (Wildman–Crippen MR) is 101 cm³/mol. The summed E-state index contributed by atoms with van der Waals surface area (Å²) in [4.78, 5) is 7.32. The second-order valence-electron chi connectivity index (χ2n) is 8.91. The van der Waals surface area contributed by atoms with Gasteiger partial charge in [-0.25, -0.2) is 0 Å². The minimum Gasteiger partial charge on any atom is -0.309 e. The summed E-state index contributed by atoms with van der Waals surface area (Å²) in [5.74, 6) is 1.80. The van der Waals surface area contributed by atoms with E-state index in [1.165, 1.54) is 58.4 Å². The van der Waals surface area contributed by atoms with E-state index in [0.29, 0.717) is 5.41 Å². The van der Waals surface area contributed by atoms with E-state index in [1.807, 2.05) is 0 Å². The van der Waals surface area contributed by atoms with Gasteiger partial charge in [0.05, 0.1) is 0 Å². The summed E-state index contributed by atoms with van der Waals surface area (Å²) in [5, 5.41) is 0. The van der Waals surface area contributed by atoms with Gasteiger partial charge in [0.25, 0.3) is 0 Å². The fourth-order valence-electron chi connectivity index (χ4n) is 4.41. The highest BCUT2D eigenvalue weighted by Gasteiger charge is 2.51. The van der Waals surface area contributed by atoms with Crippen LogP contribution in [0.15, 0.2) is 11.6 Å². The summed E-state index contributed by atoms with van der Waals surface area (Å²) in [5.41, 5.74) is 2.30. The molecule has 134 valence electrons. The highest BCUT2D eigenvalue weighted by atomic mass is 15.1. The van der Waals surface area contributed by atoms with Crippen molar-refractivity contribution in [1.82, 2.24) is 14.7 Å². The summed E-state index contributed by atoms with van der Waals surface area (Å²) in [6.07, 6.45) is 7.90. The van der Waals surface area contributed by atoms with E-state index in [0.717, 1.165) is 11.8 Å². The van der Waals surface area contributed by atoms with Crippen LogP contribution in [0.25, 0.3) is 0 Å². The van der Waals surface area contributed by atoms with Gasteiger partial charge in [0.15, 0.2) is 0 Å². The Morgan fingerprint density at radius 1 is 0.957 bits per heavy atom. The number of hydrogen-bond donors (Lipinski definition) is 0.